The third kappa shape index (κ3) is 4.26. The van der Waals surface area contributed by atoms with E-state index in [-0.39, 0.29) is 23.8 Å². The predicted octanol–water partition coefficient (Wildman–Crippen LogP) is 2.44. The van der Waals surface area contributed by atoms with Crippen LogP contribution in [-0.4, -0.2) is 31.1 Å². The zero-order chi connectivity index (χ0) is 23.5. The summed E-state index contributed by atoms with van der Waals surface area (Å²) in [5, 5.41) is 2.90. The van der Waals surface area contributed by atoms with Gasteiger partial charge in [-0.2, -0.15) is 0 Å². The molecule has 1 N–H and O–H groups in total. The lowest BCUT2D eigenvalue weighted by Gasteiger charge is -2.15. The molecule has 9 nitrogen and oxygen atoms in total. The van der Waals surface area contributed by atoms with Crippen molar-refractivity contribution in [3.8, 4) is 0 Å². The molecule has 0 aliphatic rings. The summed E-state index contributed by atoms with van der Waals surface area (Å²) in [5.74, 6) is 0.0422. The van der Waals surface area contributed by atoms with Crippen molar-refractivity contribution in [2.45, 2.75) is 13.1 Å². The van der Waals surface area contributed by atoms with Crippen molar-refractivity contribution in [3.05, 3.63) is 112 Å². The molecule has 0 bridgehead atoms. The van der Waals surface area contributed by atoms with Crippen LogP contribution >= 0.6 is 0 Å². The fourth-order valence-corrected chi connectivity index (χ4v) is 3.67. The highest BCUT2D eigenvalue weighted by Crippen LogP contribution is 2.14. The Hall–Kier alpha value is -4.79. The van der Waals surface area contributed by atoms with Gasteiger partial charge in [0.25, 0.3) is 11.5 Å². The molecule has 0 fully saturated rings. The normalized spacial score (nSPS) is 10.9. The molecule has 168 valence electrons. The molecule has 2 amide bonds. The predicted molar refractivity (Wildman–Crippen MR) is 127 cm³/mol. The smallest absolute Gasteiger partial charge is 0.259 e. The van der Waals surface area contributed by atoms with Gasteiger partial charge in [0.15, 0.2) is 0 Å². The minimum atomic E-state index is -0.284. The van der Waals surface area contributed by atoms with E-state index in [4.69, 9.17) is 0 Å². The summed E-state index contributed by atoms with van der Waals surface area (Å²) in [7, 11) is 0. The van der Waals surface area contributed by atoms with Crippen LogP contribution in [0.4, 0.5) is 5.82 Å². The molecule has 0 unspecified atom stereocenters. The molecule has 0 atom stereocenters. The van der Waals surface area contributed by atoms with Gasteiger partial charge in [-0.05, 0) is 29.8 Å². The van der Waals surface area contributed by atoms with Crippen LogP contribution < -0.4 is 15.8 Å². The summed E-state index contributed by atoms with van der Waals surface area (Å²) in [5.41, 5.74) is 2.88. The largest absolute Gasteiger partial charge is 0.348 e. The zero-order valence-corrected chi connectivity index (χ0v) is 18.0. The fraction of sp³-hybridized carbons (Fsp3) is 0.0800. The van der Waals surface area contributed by atoms with E-state index in [1.54, 1.807) is 53.3 Å². The summed E-state index contributed by atoms with van der Waals surface area (Å²) < 4.78 is 3.14. The minimum Gasteiger partial charge on any atom is -0.348 e. The van der Waals surface area contributed by atoms with Gasteiger partial charge in [0.05, 0.1) is 17.8 Å². The molecule has 4 heterocycles. The van der Waals surface area contributed by atoms with Crippen LogP contribution in [0.1, 0.15) is 21.6 Å². The minimum absolute atomic E-state index is 0.121. The van der Waals surface area contributed by atoms with Gasteiger partial charge < -0.3 is 9.72 Å². The van der Waals surface area contributed by atoms with E-state index in [2.05, 4.69) is 15.3 Å². The van der Waals surface area contributed by atoms with Crippen LogP contribution in [0.25, 0.3) is 11.3 Å². The Bertz CT molecular complexity index is 1560. The summed E-state index contributed by atoms with van der Waals surface area (Å²) in [6, 6.07) is 19.6. The molecule has 5 rings (SSSR count). The fourth-order valence-electron chi connectivity index (χ4n) is 3.67. The van der Waals surface area contributed by atoms with Crippen LogP contribution in [0.3, 0.4) is 0 Å². The number of pyridine rings is 2. The molecule has 0 radical (unpaired) electrons. The number of hydrogen-bond donors (Lipinski definition) is 1. The molecule has 0 aliphatic carbocycles. The van der Waals surface area contributed by atoms with Gasteiger partial charge in [0.1, 0.15) is 17.1 Å². The third-order valence-electron chi connectivity index (χ3n) is 5.37. The highest BCUT2D eigenvalue weighted by Gasteiger charge is 2.14. The standard InChI is InChI=1S/C25H20N6O3/c32-17-30(23-12-24(33)31-11-5-4-8-22(31)28-23)16-20-15-29-14-19(9-10-21(29)27-20)25(34)26-13-18-6-2-1-3-7-18/h1-12,14-15,17H,13,16H2,(H,26,34). The monoisotopic (exact) mass is 452 g/mol. The van der Waals surface area contributed by atoms with Crippen LogP contribution in [0.5, 0.6) is 0 Å². The van der Waals surface area contributed by atoms with E-state index in [1.807, 2.05) is 30.3 Å². The molecular weight excluding hydrogens is 432 g/mol. The average Bonchev–Trinajstić information content (AvgIpc) is 3.28. The van der Waals surface area contributed by atoms with Gasteiger partial charge in [-0.25, -0.2) is 9.97 Å². The second-order valence-electron chi connectivity index (χ2n) is 7.70. The third-order valence-corrected chi connectivity index (χ3v) is 5.37. The maximum atomic E-state index is 12.6. The lowest BCUT2D eigenvalue weighted by molar-refractivity contribution is -0.107. The van der Waals surface area contributed by atoms with Crippen molar-refractivity contribution in [1.82, 2.24) is 24.1 Å². The number of fused-ring (bicyclic) bond motifs is 2. The lowest BCUT2D eigenvalue weighted by atomic mass is 10.2. The molecule has 4 aromatic heterocycles. The summed E-state index contributed by atoms with van der Waals surface area (Å²) in [4.78, 5) is 47.0. The number of rotatable bonds is 7. The van der Waals surface area contributed by atoms with Gasteiger partial charge in [0, 0.05) is 31.2 Å². The Morgan fingerprint density at radius 3 is 2.62 bits per heavy atom. The van der Waals surface area contributed by atoms with E-state index >= 15 is 0 Å². The maximum absolute atomic E-state index is 12.6. The first-order chi connectivity index (χ1) is 16.6. The SMILES string of the molecule is O=CN(Cc1cn2cc(C(=O)NCc3ccccc3)ccc2n1)c1cc(=O)n2ccccc2n1. The Kier molecular flexibility index (Phi) is 5.57. The average molecular weight is 452 g/mol. The molecule has 0 saturated heterocycles. The topological polar surface area (TPSA) is 101 Å². The van der Waals surface area contributed by atoms with Gasteiger partial charge in [-0.1, -0.05) is 36.4 Å². The van der Waals surface area contributed by atoms with Gasteiger partial charge in [-0.3, -0.25) is 23.7 Å². The Morgan fingerprint density at radius 2 is 1.79 bits per heavy atom. The van der Waals surface area contributed by atoms with Crippen molar-refractivity contribution >= 4 is 29.4 Å². The Balaban J connectivity index is 1.35. The van der Waals surface area contributed by atoms with E-state index in [1.165, 1.54) is 15.4 Å². The Morgan fingerprint density at radius 1 is 0.971 bits per heavy atom. The van der Waals surface area contributed by atoms with Crippen molar-refractivity contribution < 1.29 is 9.59 Å². The number of nitrogens with one attached hydrogen (secondary N) is 1. The number of imidazole rings is 1. The first-order valence-corrected chi connectivity index (χ1v) is 10.6. The van der Waals surface area contributed by atoms with E-state index in [0.717, 1.165) is 5.56 Å². The Labute approximate surface area is 193 Å². The molecule has 0 spiro atoms. The number of nitrogens with zero attached hydrogens (tertiary/aromatic N) is 5. The van der Waals surface area contributed by atoms with Crippen LogP contribution in [-0.2, 0) is 17.9 Å². The molecular formula is C25H20N6O3. The first-order valence-electron chi connectivity index (χ1n) is 10.6. The number of aromatic nitrogens is 4. The second-order valence-corrected chi connectivity index (χ2v) is 7.70. The van der Waals surface area contributed by atoms with Crippen molar-refractivity contribution in [2.24, 2.45) is 0 Å². The van der Waals surface area contributed by atoms with Crippen molar-refractivity contribution in [3.63, 3.8) is 0 Å². The number of benzene rings is 1. The summed E-state index contributed by atoms with van der Waals surface area (Å²) in [6.45, 7) is 0.552. The highest BCUT2D eigenvalue weighted by molar-refractivity contribution is 5.94. The zero-order valence-electron chi connectivity index (χ0n) is 18.0. The maximum Gasteiger partial charge on any atom is 0.259 e. The van der Waals surface area contributed by atoms with Crippen molar-refractivity contribution in [2.75, 3.05) is 4.90 Å². The van der Waals surface area contributed by atoms with E-state index in [9.17, 15) is 14.4 Å². The number of carbonyl (C=O) groups is 2. The molecule has 1 aromatic carbocycles. The number of carbonyl (C=O) groups excluding carboxylic acids is 2. The lowest BCUT2D eigenvalue weighted by Crippen LogP contribution is -2.25. The first kappa shape index (κ1) is 21.1. The highest BCUT2D eigenvalue weighted by atomic mass is 16.2. The molecule has 0 aliphatic heterocycles. The second kappa shape index (κ2) is 8.99. The van der Waals surface area contributed by atoms with Crippen LogP contribution in [0, 0.1) is 0 Å². The van der Waals surface area contributed by atoms with E-state index < -0.39 is 0 Å². The van der Waals surface area contributed by atoms with E-state index in [0.29, 0.717) is 35.5 Å². The quantitative estimate of drug-likeness (QED) is 0.382. The van der Waals surface area contributed by atoms with Gasteiger partial charge in [0.2, 0.25) is 6.41 Å². The number of hydrogen-bond acceptors (Lipinski definition) is 5. The summed E-state index contributed by atoms with van der Waals surface area (Å²) in [6.07, 6.45) is 5.68. The van der Waals surface area contributed by atoms with Crippen LogP contribution in [0.15, 0.2) is 90.1 Å². The van der Waals surface area contributed by atoms with Crippen LogP contribution in [0.2, 0.25) is 0 Å². The molecule has 0 saturated carbocycles. The number of amides is 2. The molecule has 34 heavy (non-hydrogen) atoms. The van der Waals surface area contributed by atoms with Crippen molar-refractivity contribution in [1.29, 1.82) is 0 Å². The van der Waals surface area contributed by atoms with Gasteiger partial charge >= 0.3 is 0 Å². The molecule has 9 heteroatoms. The van der Waals surface area contributed by atoms with Gasteiger partial charge in [-0.15, -0.1) is 0 Å². The number of anilines is 1. The summed E-state index contributed by atoms with van der Waals surface area (Å²) >= 11 is 0. The molecule has 5 aromatic rings.